The first-order valence-corrected chi connectivity index (χ1v) is 6.79. The minimum Gasteiger partial charge on any atom is -0.481 e. The molecule has 108 valence electrons. The Morgan fingerprint density at radius 3 is 2.45 bits per heavy atom. The largest absolute Gasteiger partial charge is 0.481 e. The van der Waals surface area contributed by atoms with Crippen LogP contribution in [0.4, 0.5) is 11.4 Å². The summed E-state index contributed by atoms with van der Waals surface area (Å²) in [5.41, 5.74) is 1.70. The quantitative estimate of drug-likeness (QED) is 0.884. The Labute approximate surface area is 118 Å². The van der Waals surface area contributed by atoms with Crippen molar-refractivity contribution in [3.05, 3.63) is 24.3 Å². The van der Waals surface area contributed by atoms with Gasteiger partial charge in [0.25, 0.3) is 0 Å². The van der Waals surface area contributed by atoms with Gasteiger partial charge in [0, 0.05) is 20.0 Å². The molecule has 1 aliphatic rings. The maximum Gasteiger partial charge on any atom is 0.306 e. The third-order valence-corrected chi connectivity index (χ3v) is 3.80. The molecule has 2 atom stereocenters. The zero-order chi connectivity index (χ0) is 14.7. The number of hydrogen-bond acceptors (Lipinski definition) is 3. The predicted octanol–water partition coefficient (Wildman–Crippen LogP) is 2.19. The zero-order valence-electron chi connectivity index (χ0n) is 11.8. The lowest BCUT2D eigenvalue weighted by atomic mass is 10.0. The summed E-state index contributed by atoms with van der Waals surface area (Å²) in [6.07, 6.45) is 1.67. The van der Waals surface area contributed by atoms with Crippen LogP contribution < -0.4 is 10.2 Å². The van der Waals surface area contributed by atoms with E-state index in [0.717, 1.165) is 11.4 Å². The lowest BCUT2D eigenvalue weighted by molar-refractivity contribution is -0.141. The number of anilines is 2. The molecular weight excluding hydrogens is 256 g/mol. The Morgan fingerprint density at radius 2 is 1.85 bits per heavy atom. The normalized spacial score (nSPS) is 21.5. The molecule has 0 bridgehead atoms. The second-order valence-corrected chi connectivity index (χ2v) is 5.45. The molecule has 1 amide bonds. The molecule has 1 aliphatic carbocycles. The third kappa shape index (κ3) is 3.10. The molecule has 2 unspecified atom stereocenters. The molecule has 1 saturated carbocycles. The Balaban J connectivity index is 2.04. The van der Waals surface area contributed by atoms with Gasteiger partial charge >= 0.3 is 5.97 Å². The number of hydrogen-bond donors (Lipinski definition) is 2. The van der Waals surface area contributed by atoms with Crippen molar-refractivity contribution in [2.24, 2.45) is 11.8 Å². The summed E-state index contributed by atoms with van der Waals surface area (Å²) < 4.78 is 0. The molecule has 1 aromatic carbocycles. The SMILES string of the molecule is CN(C)c1ccccc1NC(=O)C1CCC(C(=O)O)C1. The van der Waals surface area contributed by atoms with Crippen molar-refractivity contribution in [1.29, 1.82) is 0 Å². The number of carboxylic acids is 1. The van der Waals surface area contributed by atoms with Crippen LogP contribution in [0, 0.1) is 11.8 Å². The lowest BCUT2D eigenvalue weighted by Gasteiger charge is -2.19. The number of aliphatic carboxylic acids is 1. The summed E-state index contributed by atoms with van der Waals surface area (Å²) in [7, 11) is 3.84. The van der Waals surface area contributed by atoms with Crippen LogP contribution in [0.5, 0.6) is 0 Å². The monoisotopic (exact) mass is 276 g/mol. The van der Waals surface area contributed by atoms with Crippen molar-refractivity contribution < 1.29 is 14.7 Å². The summed E-state index contributed by atoms with van der Waals surface area (Å²) in [4.78, 5) is 25.1. The van der Waals surface area contributed by atoms with Crippen LogP contribution in [-0.4, -0.2) is 31.1 Å². The van der Waals surface area contributed by atoms with Crippen molar-refractivity contribution in [1.82, 2.24) is 0 Å². The minimum absolute atomic E-state index is 0.0805. The van der Waals surface area contributed by atoms with Gasteiger partial charge in [-0.25, -0.2) is 0 Å². The first-order chi connectivity index (χ1) is 9.49. The van der Waals surface area contributed by atoms with Crippen LogP contribution in [0.2, 0.25) is 0 Å². The highest BCUT2D eigenvalue weighted by Crippen LogP contribution is 2.33. The standard InChI is InChI=1S/C15H20N2O3/c1-17(2)13-6-4-3-5-12(13)16-14(18)10-7-8-11(9-10)15(19)20/h3-6,10-11H,7-9H2,1-2H3,(H,16,18)(H,19,20). The van der Waals surface area contributed by atoms with Gasteiger partial charge in [0.15, 0.2) is 0 Å². The van der Waals surface area contributed by atoms with Gasteiger partial charge in [-0.1, -0.05) is 12.1 Å². The molecule has 1 fully saturated rings. The van der Waals surface area contributed by atoms with Crippen LogP contribution in [0.3, 0.4) is 0 Å². The summed E-state index contributed by atoms with van der Waals surface area (Å²) in [5.74, 6) is -1.46. The summed E-state index contributed by atoms with van der Waals surface area (Å²) >= 11 is 0. The molecule has 0 radical (unpaired) electrons. The van der Waals surface area contributed by atoms with Gasteiger partial charge in [-0.3, -0.25) is 9.59 Å². The van der Waals surface area contributed by atoms with Gasteiger partial charge in [0.2, 0.25) is 5.91 Å². The van der Waals surface area contributed by atoms with E-state index in [0.29, 0.717) is 19.3 Å². The molecule has 2 N–H and O–H groups in total. The van der Waals surface area contributed by atoms with Gasteiger partial charge in [-0.05, 0) is 31.4 Å². The van der Waals surface area contributed by atoms with E-state index < -0.39 is 5.97 Å². The van der Waals surface area contributed by atoms with E-state index in [9.17, 15) is 9.59 Å². The van der Waals surface area contributed by atoms with Gasteiger partial charge < -0.3 is 15.3 Å². The van der Waals surface area contributed by atoms with E-state index >= 15 is 0 Å². The second-order valence-electron chi connectivity index (χ2n) is 5.45. The van der Waals surface area contributed by atoms with Crippen LogP contribution in [-0.2, 0) is 9.59 Å². The van der Waals surface area contributed by atoms with Crippen LogP contribution in [0.25, 0.3) is 0 Å². The lowest BCUT2D eigenvalue weighted by Crippen LogP contribution is -2.23. The first-order valence-electron chi connectivity index (χ1n) is 6.79. The minimum atomic E-state index is -0.797. The number of rotatable bonds is 4. The van der Waals surface area contributed by atoms with E-state index in [1.54, 1.807) is 0 Å². The number of carbonyl (C=O) groups is 2. The second kappa shape index (κ2) is 5.94. The number of carbonyl (C=O) groups excluding carboxylic acids is 1. The number of benzene rings is 1. The first kappa shape index (κ1) is 14.4. The molecule has 2 rings (SSSR count). The molecule has 5 heteroatoms. The Bertz CT molecular complexity index is 514. The maximum absolute atomic E-state index is 12.2. The van der Waals surface area contributed by atoms with Crippen molar-refractivity contribution in [2.45, 2.75) is 19.3 Å². The summed E-state index contributed by atoms with van der Waals surface area (Å²) in [6, 6.07) is 7.58. The van der Waals surface area contributed by atoms with E-state index in [4.69, 9.17) is 5.11 Å². The average Bonchev–Trinajstić information content (AvgIpc) is 2.89. The average molecular weight is 276 g/mol. The van der Waals surface area contributed by atoms with Gasteiger partial charge in [-0.15, -0.1) is 0 Å². The van der Waals surface area contributed by atoms with Gasteiger partial charge in [-0.2, -0.15) is 0 Å². The Hall–Kier alpha value is -2.04. The number of nitrogens with zero attached hydrogens (tertiary/aromatic N) is 1. The van der Waals surface area contributed by atoms with Crippen molar-refractivity contribution in [3.8, 4) is 0 Å². The number of amides is 1. The highest BCUT2D eigenvalue weighted by molar-refractivity contribution is 5.96. The fraction of sp³-hybridized carbons (Fsp3) is 0.467. The number of para-hydroxylation sites is 2. The highest BCUT2D eigenvalue weighted by Gasteiger charge is 2.33. The van der Waals surface area contributed by atoms with Crippen molar-refractivity contribution in [2.75, 3.05) is 24.3 Å². The topological polar surface area (TPSA) is 69.6 Å². The Kier molecular flexibility index (Phi) is 4.27. The van der Waals surface area contributed by atoms with Crippen molar-refractivity contribution in [3.63, 3.8) is 0 Å². The predicted molar refractivity (Wildman–Crippen MR) is 77.9 cm³/mol. The molecule has 0 saturated heterocycles. The molecule has 0 aliphatic heterocycles. The molecule has 0 heterocycles. The molecule has 0 aromatic heterocycles. The molecular formula is C15H20N2O3. The highest BCUT2D eigenvalue weighted by atomic mass is 16.4. The van der Waals surface area contributed by atoms with E-state index in [1.807, 2.05) is 43.3 Å². The smallest absolute Gasteiger partial charge is 0.306 e. The van der Waals surface area contributed by atoms with Crippen molar-refractivity contribution >= 4 is 23.3 Å². The zero-order valence-corrected chi connectivity index (χ0v) is 11.8. The van der Waals surface area contributed by atoms with Crippen LogP contribution >= 0.6 is 0 Å². The number of carboxylic acid groups (broad SMARTS) is 1. The molecule has 20 heavy (non-hydrogen) atoms. The molecule has 5 nitrogen and oxygen atoms in total. The van der Waals surface area contributed by atoms with Crippen LogP contribution in [0.1, 0.15) is 19.3 Å². The number of nitrogens with one attached hydrogen (secondary N) is 1. The fourth-order valence-electron chi connectivity index (χ4n) is 2.65. The third-order valence-electron chi connectivity index (χ3n) is 3.80. The van der Waals surface area contributed by atoms with Gasteiger partial charge in [0.05, 0.1) is 17.3 Å². The maximum atomic E-state index is 12.2. The Morgan fingerprint density at radius 1 is 1.20 bits per heavy atom. The summed E-state index contributed by atoms with van der Waals surface area (Å²) in [6.45, 7) is 0. The van der Waals surface area contributed by atoms with E-state index in [1.165, 1.54) is 0 Å². The molecule has 1 aromatic rings. The van der Waals surface area contributed by atoms with E-state index in [-0.39, 0.29) is 17.7 Å². The van der Waals surface area contributed by atoms with E-state index in [2.05, 4.69) is 5.32 Å². The summed E-state index contributed by atoms with van der Waals surface area (Å²) in [5, 5.41) is 11.9. The van der Waals surface area contributed by atoms with Gasteiger partial charge in [0.1, 0.15) is 0 Å². The van der Waals surface area contributed by atoms with Crippen LogP contribution in [0.15, 0.2) is 24.3 Å². The fourth-order valence-corrected chi connectivity index (χ4v) is 2.65. The molecule has 0 spiro atoms.